The molecule has 0 bridgehead atoms. The highest BCUT2D eigenvalue weighted by molar-refractivity contribution is 7.99. The smallest absolute Gasteiger partial charge is 0.0649 e. The van der Waals surface area contributed by atoms with E-state index in [1.54, 1.807) is 11.8 Å². The van der Waals surface area contributed by atoms with Gasteiger partial charge in [-0.05, 0) is 61.0 Å². The lowest BCUT2D eigenvalue weighted by Gasteiger charge is -2.21. The van der Waals surface area contributed by atoms with Crippen molar-refractivity contribution in [2.75, 3.05) is 10.7 Å². The van der Waals surface area contributed by atoms with Gasteiger partial charge in [0, 0.05) is 14.8 Å². The molecule has 0 aromatic heterocycles. The van der Waals surface area contributed by atoms with Gasteiger partial charge < -0.3 is 5.32 Å². The Kier molecular flexibility index (Phi) is 4.38. The molecule has 0 amide bonds. The Morgan fingerprint density at radius 3 is 2.56 bits per heavy atom. The van der Waals surface area contributed by atoms with Gasteiger partial charge in [-0.25, -0.2) is 0 Å². The number of fused-ring (bicyclic) bond motifs is 2. The summed E-state index contributed by atoms with van der Waals surface area (Å²) in [6.07, 6.45) is 0. The van der Waals surface area contributed by atoms with Gasteiger partial charge in [0.05, 0.1) is 22.8 Å². The molecule has 0 aliphatic carbocycles. The third-order valence-electron chi connectivity index (χ3n) is 3.97. The molecule has 3 aromatic rings. The molecule has 0 radical (unpaired) electrons. The molecule has 0 unspecified atom stereocenters. The minimum atomic E-state index is 0.713. The SMILES string of the molecule is CC(=NNc1ccc(Cl)cc1)c1ccc2c(c1)Nc1ccccc1S2. The van der Waals surface area contributed by atoms with Crippen molar-refractivity contribution >= 4 is 46.1 Å². The van der Waals surface area contributed by atoms with Crippen LogP contribution in [0.1, 0.15) is 12.5 Å². The van der Waals surface area contributed by atoms with Crippen LogP contribution in [0.5, 0.6) is 0 Å². The van der Waals surface area contributed by atoms with E-state index in [2.05, 4.69) is 52.2 Å². The van der Waals surface area contributed by atoms with Crippen molar-refractivity contribution < 1.29 is 0 Å². The number of hydrogen-bond donors (Lipinski definition) is 2. The van der Waals surface area contributed by atoms with Crippen molar-refractivity contribution in [3.8, 4) is 0 Å². The molecule has 3 nitrogen and oxygen atoms in total. The van der Waals surface area contributed by atoms with Gasteiger partial charge in [0.1, 0.15) is 0 Å². The molecule has 3 aromatic carbocycles. The van der Waals surface area contributed by atoms with Crippen molar-refractivity contribution in [1.82, 2.24) is 0 Å². The fourth-order valence-corrected chi connectivity index (χ4v) is 3.70. The predicted molar refractivity (Wildman–Crippen MR) is 108 cm³/mol. The second-order valence-electron chi connectivity index (χ2n) is 5.75. The lowest BCUT2D eigenvalue weighted by atomic mass is 10.1. The summed E-state index contributed by atoms with van der Waals surface area (Å²) in [6, 6.07) is 22.2. The summed E-state index contributed by atoms with van der Waals surface area (Å²) in [5, 5.41) is 8.69. The first-order valence-electron chi connectivity index (χ1n) is 7.93. The Balaban J connectivity index is 1.55. The summed E-state index contributed by atoms with van der Waals surface area (Å²) < 4.78 is 0. The standard InChI is InChI=1S/C20H16ClN3S/c1-13(23-24-16-9-7-15(21)8-10-16)14-6-11-20-18(12-14)22-17-4-2-3-5-19(17)25-20/h2-12,22,24H,1H3. The summed E-state index contributed by atoms with van der Waals surface area (Å²) in [5.74, 6) is 0. The van der Waals surface area contributed by atoms with Crippen LogP contribution in [0.4, 0.5) is 17.1 Å². The lowest BCUT2D eigenvalue weighted by Crippen LogP contribution is -2.04. The number of para-hydroxylation sites is 1. The third-order valence-corrected chi connectivity index (χ3v) is 5.37. The van der Waals surface area contributed by atoms with E-state index >= 15 is 0 Å². The summed E-state index contributed by atoms with van der Waals surface area (Å²) in [5.41, 5.74) is 8.23. The normalized spacial score (nSPS) is 12.8. The van der Waals surface area contributed by atoms with Crippen LogP contribution in [0.2, 0.25) is 5.02 Å². The number of anilines is 3. The number of nitrogens with zero attached hydrogens (tertiary/aromatic N) is 1. The van der Waals surface area contributed by atoms with E-state index in [9.17, 15) is 0 Å². The van der Waals surface area contributed by atoms with Gasteiger partial charge in [-0.15, -0.1) is 0 Å². The topological polar surface area (TPSA) is 36.4 Å². The van der Waals surface area contributed by atoms with Crippen molar-refractivity contribution in [3.63, 3.8) is 0 Å². The van der Waals surface area contributed by atoms with Crippen LogP contribution in [0.15, 0.2) is 81.6 Å². The van der Waals surface area contributed by atoms with Gasteiger partial charge in [0.2, 0.25) is 0 Å². The molecular weight excluding hydrogens is 350 g/mol. The monoisotopic (exact) mass is 365 g/mol. The van der Waals surface area contributed by atoms with Crippen LogP contribution in [0, 0.1) is 0 Å². The molecule has 124 valence electrons. The van der Waals surface area contributed by atoms with Crippen LogP contribution >= 0.6 is 23.4 Å². The minimum Gasteiger partial charge on any atom is -0.354 e. The first kappa shape index (κ1) is 16.1. The van der Waals surface area contributed by atoms with Crippen molar-refractivity contribution in [1.29, 1.82) is 0 Å². The Hall–Kier alpha value is -2.43. The van der Waals surface area contributed by atoms with Crippen molar-refractivity contribution in [2.24, 2.45) is 5.10 Å². The highest BCUT2D eigenvalue weighted by Gasteiger charge is 2.15. The number of rotatable bonds is 3. The van der Waals surface area contributed by atoms with E-state index in [-0.39, 0.29) is 0 Å². The van der Waals surface area contributed by atoms with Gasteiger partial charge in [0.15, 0.2) is 0 Å². The third kappa shape index (κ3) is 3.50. The Bertz CT molecular complexity index is 951. The number of hydrazone groups is 1. The van der Waals surface area contributed by atoms with Gasteiger partial charge in [0.25, 0.3) is 0 Å². The van der Waals surface area contributed by atoms with Crippen LogP contribution < -0.4 is 10.7 Å². The molecular formula is C20H16ClN3S. The van der Waals surface area contributed by atoms with Crippen LogP contribution in [0.3, 0.4) is 0 Å². The molecule has 1 aliphatic heterocycles. The number of nitrogens with one attached hydrogen (secondary N) is 2. The molecule has 0 spiro atoms. The van der Waals surface area contributed by atoms with Crippen LogP contribution in [-0.2, 0) is 0 Å². The summed E-state index contributed by atoms with van der Waals surface area (Å²) in [4.78, 5) is 2.47. The molecule has 0 saturated heterocycles. The number of halogens is 1. The van der Waals surface area contributed by atoms with E-state index in [0.717, 1.165) is 28.3 Å². The van der Waals surface area contributed by atoms with Crippen molar-refractivity contribution in [2.45, 2.75) is 16.7 Å². The first-order valence-corrected chi connectivity index (χ1v) is 9.13. The van der Waals surface area contributed by atoms with E-state index < -0.39 is 0 Å². The second kappa shape index (κ2) is 6.82. The summed E-state index contributed by atoms with van der Waals surface area (Å²) >= 11 is 7.69. The zero-order valence-electron chi connectivity index (χ0n) is 13.6. The Labute approximate surface area is 156 Å². The molecule has 1 heterocycles. The maximum absolute atomic E-state index is 5.90. The number of benzene rings is 3. The minimum absolute atomic E-state index is 0.713. The highest BCUT2D eigenvalue weighted by Crippen LogP contribution is 2.44. The van der Waals surface area contributed by atoms with E-state index in [4.69, 9.17) is 11.6 Å². The molecule has 5 heteroatoms. The van der Waals surface area contributed by atoms with Gasteiger partial charge in [-0.3, -0.25) is 5.43 Å². The predicted octanol–water partition coefficient (Wildman–Crippen LogP) is 6.38. The quantitative estimate of drug-likeness (QED) is 0.326. The summed E-state index contributed by atoms with van der Waals surface area (Å²) in [6.45, 7) is 1.99. The molecule has 0 fully saturated rings. The fourth-order valence-electron chi connectivity index (χ4n) is 2.60. The fraction of sp³-hybridized carbons (Fsp3) is 0.0500. The molecule has 0 saturated carbocycles. The van der Waals surface area contributed by atoms with Gasteiger partial charge in [-0.1, -0.05) is 41.6 Å². The maximum Gasteiger partial charge on any atom is 0.0649 e. The average molecular weight is 366 g/mol. The zero-order valence-corrected chi connectivity index (χ0v) is 15.2. The molecule has 4 rings (SSSR count). The van der Waals surface area contributed by atoms with Crippen LogP contribution in [-0.4, -0.2) is 5.71 Å². The largest absolute Gasteiger partial charge is 0.354 e. The highest BCUT2D eigenvalue weighted by atomic mass is 35.5. The second-order valence-corrected chi connectivity index (χ2v) is 7.27. The lowest BCUT2D eigenvalue weighted by molar-refractivity contribution is 1.29. The van der Waals surface area contributed by atoms with E-state index in [1.807, 2.05) is 37.3 Å². The zero-order chi connectivity index (χ0) is 17.2. The average Bonchev–Trinajstić information content (AvgIpc) is 2.65. The molecule has 2 N–H and O–H groups in total. The Morgan fingerprint density at radius 1 is 0.960 bits per heavy atom. The van der Waals surface area contributed by atoms with Crippen molar-refractivity contribution in [3.05, 3.63) is 77.3 Å². The molecule has 25 heavy (non-hydrogen) atoms. The first-order chi connectivity index (χ1) is 12.2. The Morgan fingerprint density at radius 2 is 1.72 bits per heavy atom. The van der Waals surface area contributed by atoms with E-state index in [1.165, 1.54) is 9.79 Å². The maximum atomic E-state index is 5.90. The molecule has 0 atom stereocenters. The molecule has 1 aliphatic rings. The van der Waals surface area contributed by atoms with Gasteiger partial charge >= 0.3 is 0 Å². The van der Waals surface area contributed by atoms with E-state index in [0.29, 0.717) is 5.02 Å². The van der Waals surface area contributed by atoms with Crippen LogP contribution in [0.25, 0.3) is 0 Å². The van der Waals surface area contributed by atoms with Gasteiger partial charge in [-0.2, -0.15) is 5.10 Å². The summed E-state index contributed by atoms with van der Waals surface area (Å²) in [7, 11) is 0. The number of hydrogen-bond acceptors (Lipinski definition) is 4.